The second-order valence-electron chi connectivity index (χ2n) is 14.0. The Hall–Kier alpha value is -5.46. The van der Waals surface area contributed by atoms with Gasteiger partial charge in [-0.25, -0.2) is 0 Å². The lowest BCUT2D eigenvalue weighted by atomic mass is 9.80. The molecular weight excluding hydrogens is 565 g/mol. The zero-order valence-corrected chi connectivity index (χ0v) is 26.8. The lowest BCUT2D eigenvalue weighted by Crippen LogP contribution is -2.15. The maximum atomic E-state index is 2.51. The van der Waals surface area contributed by atoms with E-state index in [1.165, 1.54) is 98.7 Å². The smallest absolute Gasteiger partial charge is 0.0159 e. The van der Waals surface area contributed by atoms with E-state index in [0.717, 1.165) is 12.8 Å². The van der Waals surface area contributed by atoms with Crippen LogP contribution in [0.2, 0.25) is 0 Å². The lowest BCUT2D eigenvalue weighted by Gasteiger charge is -2.23. The highest BCUT2D eigenvalue weighted by Crippen LogP contribution is 2.55. The number of rotatable bonds is 2. The SMILES string of the molecule is CC1(C)c2ccc3c(c2-c2c1cc(-c1ccc4cc(-c5c6ccccc6cc6ccccc56)ccc4c1)c1ccccc21)C=CCC3. The van der Waals surface area contributed by atoms with Crippen LogP contribution in [0.5, 0.6) is 0 Å². The summed E-state index contributed by atoms with van der Waals surface area (Å²) in [7, 11) is 0. The number of hydrogen-bond donors (Lipinski definition) is 0. The van der Waals surface area contributed by atoms with Crippen LogP contribution >= 0.6 is 0 Å². The molecule has 8 aromatic rings. The second kappa shape index (κ2) is 9.77. The first-order chi connectivity index (χ1) is 23.1. The number of benzene rings is 8. The molecule has 0 saturated heterocycles. The molecule has 2 aliphatic rings. The van der Waals surface area contributed by atoms with Crippen molar-refractivity contribution >= 4 is 49.2 Å². The van der Waals surface area contributed by atoms with E-state index in [2.05, 4.69) is 159 Å². The fourth-order valence-corrected chi connectivity index (χ4v) is 8.72. The lowest BCUT2D eigenvalue weighted by molar-refractivity contribution is 0.660. The molecule has 0 aliphatic heterocycles. The molecule has 0 unspecified atom stereocenters. The van der Waals surface area contributed by atoms with Crippen molar-refractivity contribution in [2.45, 2.75) is 32.1 Å². The fraction of sp³-hybridized carbons (Fsp3) is 0.106. The summed E-state index contributed by atoms with van der Waals surface area (Å²) in [6, 6.07) is 50.3. The summed E-state index contributed by atoms with van der Waals surface area (Å²) < 4.78 is 0. The van der Waals surface area contributed by atoms with Crippen LogP contribution in [0.25, 0.3) is 82.5 Å². The summed E-state index contributed by atoms with van der Waals surface area (Å²) in [5.74, 6) is 0. The van der Waals surface area contributed by atoms with E-state index in [-0.39, 0.29) is 5.41 Å². The highest BCUT2D eigenvalue weighted by molar-refractivity contribution is 6.14. The van der Waals surface area contributed by atoms with Crippen molar-refractivity contribution in [1.82, 2.24) is 0 Å². The molecule has 2 aliphatic carbocycles. The number of fused-ring (bicyclic) bond motifs is 10. The zero-order valence-electron chi connectivity index (χ0n) is 26.8. The molecule has 0 atom stereocenters. The maximum Gasteiger partial charge on any atom is 0.0159 e. The van der Waals surface area contributed by atoms with Crippen LogP contribution in [0, 0.1) is 0 Å². The van der Waals surface area contributed by atoms with Crippen LogP contribution in [0.15, 0.2) is 140 Å². The third kappa shape index (κ3) is 3.82. The Kier molecular flexibility index (Phi) is 5.56. The van der Waals surface area contributed by atoms with Crippen LogP contribution in [-0.2, 0) is 11.8 Å². The number of hydrogen-bond acceptors (Lipinski definition) is 0. The molecular formula is C47H34. The van der Waals surface area contributed by atoms with E-state index in [9.17, 15) is 0 Å². The highest BCUT2D eigenvalue weighted by Gasteiger charge is 2.39. The van der Waals surface area contributed by atoms with E-state index >= 15 is 0 Å². The van der Waals surface area contributed by atoms with Crippen LogP contribution in [-0.4, -0.2) is 0 Å². The van der Waals surface area contributed by atoms with Crippen LogP contribution < -0.4 is 0 Å². The topological polar surface area (TPSA) is 0 Å². The first-order valence-corrected chi connectivity index (χ1v) is 16.9. The average molecular weight is 599 g/mol. The molecule has 0 spiro atoms. The van der Waals surface area contributed by atoms with Gasteiger partial charge in [0, 0.05) is 5.41 Å². The Morgan fingerprint density at radius 3 is 1.85 bits per heavy atom. The van der Waals surface area contributed by atoms with Gasteiger partial charge in [0.1, 0.15) is 0 Å². The Labute approximate surface area is 275 Å². The molecule has 0 bridgehead atoms. The Balaban J connectivity index is 1.16. The summed E-state index contributed by atoms with van der Waals surface area (Å²) in [6.07, 6.45) is 6.99. The number of aryl methyl sites for hydroxylation is 1. The fourth-order valence-electron chi connectivity index (χ4n) is 8.72. The normalized spacial score (nSPS) is 14.5. The largest absolute Gasteiger partial charge is 0.0836 e. The zero-order chi connectivity index (χ0) is 31.3. The van der Waals surface area contributed by atoms with Gasteiger partial charge in [-0.05, 0) is 136 Å². The average Bonchev–Trinajstić information content (AvgIpc) is 3.36. The van der Waals surface area contributed by atoms with Crippen LogP contribution in [0.1, 0.15) is 42.5 Å². The van der Waals surface area contributed by atoms with Gasteiger partial charge in [-0.1, -0.05) is 135 Å². The second-order valence-corrected chi connectivity index (χ2v) is 14.0. The monoisotopic (exact) mass is 598 g/mol. The molecule has 0 saturated carbocycles. The van der Waals surface area contributed by atoms with Gasteiger partial charge < -0.3 is 0 Å². The van der Waals surface area contributed by atoms with Crippen LogP contribution in [0.3, 0.4) is 0 Å². The highest BCUT2D eigenvalue weighted by atomic mass is 14.4. The summed E-state index contributed by atoms with van der Waals surface area (Å²) in [5, 5.41) is 10.4. The van der Waals surface area contributed by atoms with E-state index in [0.29, 0.717) is 0 Å². The van der Waals surface area contributed by atoms with Gasteiger partial charge in [0.25, 0.3) is 0 Å². The van der Waals surface area contributed by atoms with Crippen molar-refractivity contribution in [2.24, 2.45) is 0 Å². The van der Waals surface area contributed by atoms with E-state index in [1.807, 2.05) is 0 Å². The third-order valence-electron chi connectivity index (χ3n) is 11.1. The molecule has 47 heavy (non-hydrogen) atoms. The van der Waals surface area contributed by atoms with Crippen molar-refractivity contribution in [3.8, 4) is 33.4 Å². The van der Waals surface area contributed by atoms with Crippen molar-refractivity contribution in [3.05, 3.63) is 162 Å². The standard InChI is InChI=1S/C47H34/c1-47(2)42-24-23-29-11-3-6-14-36(29)45(42)46-40-18-10-9-17-39(40)41(28-43(46)47)34-21-19-31-26-35(22-20-30(31)25-34)44-37-15-7-4-12-32(37)27-33-13-5-8-16-38(33)44/h4-10,12-28H,3,11H2,1-2H3. The summed E-state index contributed by atoms with van der Waals surface area (Å²) >= 11 is 0. The predicted octanol–water partition coefficient (Wildman–Crippen LogP) is 12.9. The minimum Gasteiger partial charge on any atom is -0.0836 e. The summed E-state index contributed by atoms with van der Waals surface area (Å²) in [5.41, 5.74) is 13.8. The minimum absolute atomic E-state index is 0.0727. The molecule has 0 N–H and O–H groups in total. The maximum absolute atomic E-state index is 2.51. The Morgan fingerprint density at radius 1 is 0.468 bits per heavy atom. The molecule has 0 heterocycles. The van der Waals surface area contributed by atoms with Gasteiger partial charge in [0.05, 0.1) is 0 Å². The van der Waals surface area contributed by atoms with Gasteiger partial charge in [0.2, 0.25) is 0 Å². The first-order valence-electron chi connectivity index (χ1n) is 16.9. The molecule has 222 valence electrons. The molecule has 0 amide bonds. The first kappa shape index (κ1) is 26.7. The predicted molar refractivity (Wildman–Crippen MR) is 202 cm³/mol. The minimum atomic E-state index is -0.0727. The van der Waals surface area contributed by atoms with Crippen molar-refractivity contribution in [2.75, 3.05) is 0 Å². The third-order valence-corrected chi connectivity index (χ3v) is 11.1. The molecule has 0 fully saturated rings. The Morgan fingerprint density at radius 2 is 1.11 bits per heavy atom. The summed E-state index contributed by atoms with van der Waals surface area (Å²) in [4.78, 5) is 0. The molecule has 0 aromatic heterocycles. The quantitative estimate of drug-likeness (QED) is 0.174. The van der Waals surface area contributed by atoms with Gasteiger partial charge in [-0.2, -0.15) is 0 Å². The Bertz CT molecular complexity index is 2590. The molecule has 0 radical (unpaired) electrons. The van der Waals surface area contributed by atoms with Gasteiger partial charge in [-0.3, -0.25) is 0 Å². The van der Waals surface area contributed by atoms with E-state index in [4.69, 9.17) is 0 Å². The molecule has 0 nitrogen and oxygen atoms in total. The van der Waals surface area contributed by atoms with Crippen LogP contribution in [0.4, 0.5) is 0 Å². The van der Waals surface area contributed by atoms with Gasteiger partial charge in [-0.15, -0.1) is 0 Å². The van der Waals surface area contributed by atoms with Crippen molar-refractivity contribution < 1.29 is 0 Å². The molecule has 0 heteroatoms. The summed E-state index contributed by atoms with van der Waals surface area (Å²) in [6.45, 7) is 4.82. The van der Waals surface area contributed by atoms with Gasteiger partial charge >= 0.3 is 0 Å². The van der Waals surface area contributed by atoms with Crippen molar-refractivity contribution in [1.29, 1.82) is 0 Å². The van der Waals surface area contributed by atoms with Gasteiger partial charge in [0.15, 0.2) is 0 Å². The van der Waals surface area contributed by atoms with E-state index < -0.39 is 0 Å². The molecule has 10 rings (SSSR count). The number of allylic oxidation sites excluding steroid dienone is 1. The molecule has 8 aromatic carbocycles. The van der Waals surface area contributed by atoms with Crippen molar-refractivity contribution in [3.63, 3.8) is 0 Å². The van der Waals surface area contributed by atoms with E-state index in [1.54, 1.807) is 0 Å².